The molecule has 0 aliphatic heterocycles. The molecule has 0 bridgehead atoms. The van der Waals surface area contributed by atoms with Crippen molar-refractivity contribution in [3.05, 3.63) is 58.1 Å². The van der Waals surface area contributed by atoms with Crippen molar-refractivity contribution in [1.82, 2.24) is 5.32 Å². The summed E-state index contributed by atoms with van der Waals surface area (Å²) in [5.74, 6) is 1.39. The van der Waals surface area contributed by atoms with Crippen molar-refractivity contribution < 1.29 is 9.47 Å². The third-order valence-corrected chi connectivity index (χ3v) is 4.97. The van der Waals surface area contributed by atoms with Gasteiger partial charge in [0.15, 0.2) is 11.5 Å². The third-order valence-electron chi connectivity index (χ3n) is 4.62. The molecule has 2 aromatic rings. The second kappa shape index (κ2) is 11.9. The fraction of sp³-hybridized carbons (Fsp3) is 0.478. The average Bonchev–Trinajstić information content (AvgIpc) is 2.68. The fourth-order valence-corrected chi connectivity index (χ4v) is 3.13. The van der Waals surface area contributed by atoms with Gasteiger partial charge in [-0.05, 0) is 37.1 Å². The van der Waals surface area contributed by atoms with Crippen LogP contribution in [0.25, 0.3) is 0 Å². The normalized spacial score (nSPS) is 10.8. The van der Waals surface area contributed by atoms with Crippen LogP contribution in [0.5, 0.6) is 11.5 Å². The van der Waals surface area contributed by atoms with Crippen LogP contribution < -0.4 is 14.8 Å². The highest BCUT2D eigenvalue weighted by molar-refractivity contribution is 6.31. The second-order valence-corrected chi connectivity index (χ2v) is 7.37. The Labute approximate surface area is 169 Å². The number of unbranched alkanes of at least 4 members (excludes halogenated alkanes) is 4. The van der Waals surface area contributed by atoms with Crippen LogP contribution in [0.3, 0.4) is 0 Å². The van der Waals surface area contributed by atoms with Gasteiger partial charge >= 0.3 is 0 Å². The Bertz CT molecular complexity index is 686. The topological polar surface area (TPSA) is 30.5 Å². The molecule has 0 heterocycles. The molecule has 2 aromatic carbocycles. The van der Waals surface area contributed by atoms with Gasteiger partial charge in [0.2, 0.25) is 0 Å². The molecule has 0 saturated heterocycles. The van der Waals surface area contributed by atoms with E-state index in [2.05, 4.69) is 43.4 Å². The quantitative estimate of drug-likeness (QED) is 0.432. The summed E-state index contributed by atoms with van der Waals surface area (Å²) in [7, 11) is 1.66. The largest absolute Gasteiger partial charge is 0.493 e. The molecule has 1 N–H and O–H groups in total. The van der Waals surface area contributed by atoms with Gasteiger partial charge in [-0.3, -0.25) is 0 Å². The van der Waals surface area contributed by atoms with Gasteiger partial charge in [-0.2, -0.15) is 0 Å². The summed E-state index contributed by atoms with van der Waals surface area (Å²) in [6, 6.07) is 12.1. The fourth-order valence-electron chi connectivity index (χ4n) is 2.91. The monoisotopic (exact) mass is 389 g/mol. The third kappa shape index (κ3) is 7.43. The molecule has 0 amide bonds. The Morgan fingerprint density at radius 1 is 0.963 bits per heavy atom. The van der Waals surface area contributed by atoms with Crippen LogP contribution in [0, 0.1) is 6.92 Å². The van der Waals surface area contributed by atoms with Crippen molar-refractivity contribution in [2.75, 3.05) is 13.7 Å². The van der Waals surface area contributed by atoms with E-state index in [9.17, 15) is 0 Å². The van der Waals surface area contributed by atoms with E-state index in [4.69, 9.17) is 21.1 Å². The first-order chi connectivity index (χ1) is 13.1. The molecule has 0 aliphatic carbocycles. The predicted octanol–water partition coefficient (Wildman–Crippen LogP) is 6.30. The molecule has 0 saturated carbocycles. The Morgan fingerprint density at radius 3 is 2.41 bits per heavy atom. The first-order valence-electron chi connectivity index (χ1n) is 9.89. The van der Waals surface area contributed by atoms with E-state index in [-0.39, 0.29) is 0 Å². The number of nitrogens with one attached hydrogen (secondary N) is 1. The molecule has 2 rings (SSSR count). The lowest BCUT2D eigenvalue weighted by molar-refractivity contribution is 0.284. The van der Waals surface area contributed by atoms with E-state index < -0.39 is 0 Å². The van der Waals surface area contributed by atoms with E-state index in [1.807, 2.05) is 12.1 Å². The molecular formula is C23H32ClNO2. The maximum Gasteiger partial charge on any atom is 0.163 e. The summed E-state index contributed by atoms with van der Waals surface area (Å²) in [6.45, 7) is 6.55. The maximum absolute atomic E-state index is 6.47. The van der Waals surface area contributed by atoms with Crippen molar-refractivity contribution in [3.63, 3.8) is 0 Å². The van der Waals surface area contributed by atoms with E-state index in [0.29, 0.717) is 23.1 Å². The maximum atomic E-state index is 6.47. The minimum Gasteiger partial charge on any atom is -0.493 e. The molecule has 0 aromatic heterocycles. The number of hydrogen-bond donors (Lipinski definition) is 1. The highest BCUT2D eigenvalue weighted by Crippen LogP contribution is 2.34. The molecular weight excluding hydrogens is 358 g/mol. The minimum absolute atomic E-state index is 0.488. The number of aryl methyl sites for hydroxylation is 1. The molecule has 0 atom stereocenters. The zero-order valence-corrected chi connectivity index (χ0v) is 17.6. The van der Waals surface area contributed by atoms with Gasteiger partial charge in [-0.25, -0.2) is 0 Å². The number of hydrogen-bond acceptors (Lipinski definition) is 3. The lowest BCUT2D eigenvalue weighted by Crippen LogP contribution is -2.15. The van der Waals surface area contributed by atoms with E-state index in [1.54, 1.807) is 7.11 Å². The van der Waals surface area contributed by atoms with Crippen LogP contribution in [-0.4, -0.2) is 13.7 Å². The summed E-state index contributed by atoms with van der Waals surface area (Å²) in [6.07, 6.45) is 6.41. The summed E-state index contributed by atoms with van der Waals surface area (Å²) in [5.41, 5.74) is 3.39. The van der Waals surface area contributed by atoms with Crippen LogP contribution >= 0.6 is 11.6 Å². The second-order valence-electron chi connectivity index (χ2n) is 6.96. The number of rotatable bonds is 12. The smallest absolute Gasteiger partial charge is 0.163 e. The molecule has 0 fully saturated rings. The molecule has 3 nitrogen and oxygen atoms in total. The van der Waals surface area contributed by atoms with Gasteiger partial charge in [0.05, 0.1) is 7.11 Å². The Morgan fingerprint density at radius 2 is 1.70 bits per heavy atom. The van der Waals surface area contributed by atoms with Crippen LogP contribution in [0.15, 0.2) is 36.4 Å². The van der Waals surface area contributed by atoms with Crippen molar-refractivity contribution in [3.8, 4) is 11.5 Å². The Hall–Kier alpha value is -1.71. The average molecular weight is 390 g/mol. The number of benzene rings is 2. The minimum atomic E-state index is 0.488. The first-order valence-corrected chi connectivity index (χ1v) is 10.3. The molecule has 0 spiro atoms. The van der Waals surface area contributed by atoms with Gasteiger partial charge in [-0.1, -0.05) is 74.0 Å². The van der Waals surface area contributed by atoms with Gasteiger partial charge < -0.3 is 14.8 Å². The molecule has 27 heavy (non-hydrogen) atoms. The molecule has 4 heteroatoms. The zero-order valence-electron chi connectivity index (χ0n) is 16.8. The molecule has 0 aliphatic rings. The van der Waals surface area contributed by atoms with E-state index in [0.717, 1.165) is 24.2 Å². The summed E-state index contributed by atoms with van der Waals surface area (Å²) >= 11 is 6.47. The molecule has 0 radical (unpaired) electrons. The summed E-state index contributed by atoms with van der Waals surface area (Å²) in [5, 5.41) is 4.17. The summed E-state index contributed by atoms with van der Waals surface area (Å²) in [4.78, 5) is 0. The van der Waals surface area contributed by atoms with E-state index in [1.165, 1.54) is 37.7 Å². The van der Waals surface area contributed by atoms with Gasteiger partial charge in [0.25, 0.3) is 0 Å². The predicted molar refractivity (Wildman–Crippen MR) is 114 cm³/mol. The number of halogens is 1. The van der Waals surface area contributed by atoms with E-state index >= 15 is 0 Å². The Kier molecular flexibility index (Phi) is 9.51. The standard InChI is InChI=1S/C23H32ClNO2/c1-4-5-6-7-8-13-25-16-20-14-22(26-3)23(15-21(20)24)27-17-19-11-9-18(2)10-12-19/h9-12,14-15,25H,4-8,13,16-17H2,1-3H3. The van der Waals surface area contributed by atoms with Gasteiger partial charge in [0, 0.05) is 17.6 Å². The van der Waals surface area contributed by atoms with Crippen LogP contribution in [0.2, 0.25) is 5.02 Å². The molecule has 148 valence electrons. The lowest BCUT2D eigenvalue weighted by Gasteiger charge is -2.14. The highest BCUT2D eigenvalue weighted by atomic mass is 35.5. The number of ether oxygens (including phenoxy) is 2. The van der Waals surface area contributed by atoms with Crippen LogP contribution in [0.4, 0.5) is 0 Å². The van der Waals surface area contributed by atoms with Crippen LogP contribution in [-0.2, 0) is 13.2 Å². The SMILES string of the molecule is CCCCCCCNCc1cc(OC)c(OCc2ccc(C)cc2)cc1Cl. The van der Waals surface area contributed by atoms with Crippen molar-refractivity contribution in [2.24, 2.45) is 0 Å². The lowest BCUT2D eigenvalue weighted by atomic mass is 10.1. The van der Waals surface area contributed by atoms with Gasteiger partial charge in [-0.15, -0.1) is 0 Å². The van der Waals surface area contributed by atoms with Crippen molar-refractivity contribution in [2.45, 2.75) is 59.1 Å². The molecule has 0 unspecified atom stereocenters. The van der Waals surface area contributed by atoms with Gasteiger partial charge in [0.1, 0.15) is 6.61 Å². The highest BCUT2D eigenvalue weighted by Gasteiger charge is 2.11. The van der Waals surface area contributed by atoms with Crippen molar-refractivity contribution in [1.29, 1.82) is 0 Å². The Balaban J connectivity index is 1.88. The first kappa shape index (κ1) is 21.6. The van der Waals surface area contributed by atoms with Crippen LogP contribution in [0.1, 0.15) is 55.7 Å². The van der Waals surface area contributed by atoms with Crippen molar-refractivity contribution >= 4 is 11.6 Å². The number of methoxy groups -OCH3 is 1. The zero-order chi connectivity index (χ0) is 19.5. The summed E-state index contributed by atoms with van der Waals surface area (Å²) < 4.78 is 11.4.